The number of nitrogen functional groups attached to an aromatic ring is 1. The molecule has 2 aromatic rings. The van der Waals surface area contributed by atoms with Gasteiger partial charge in [0, 0.05) is 5.56 Å². The lowest BCUT2D eigenvalue weighted by molar-refractivity contribution is 0.408. The van der Waals surface area contributed by atoms with Crippen molar-refractivity contribution in [1.82, 2.24) is 9.97 Å². The van der Waals surface area contributed by atoms with Crippen LogP contribution in [0.15, 0.2) is 18.5 Å². The van der Waals surface area contributed by atoms with Gasteiger partial charge in [-0.05, 0) is 31.0 Å². The Labute approximate surface area is 112 Å². The minimum absolute atomic E-state index is 0.314. The van der Waals surface area contributed by atoms with Crippen LogP contribution in [0.2, 0.25) is 0 Å². The molecule has 0 aliphatic carbocycles. The Bertz CT molecular complexity index is 612. The van der Waals surface area contributed by atoms with Crippen molar-refractivity contribution >= 4 is 5.82 Å². The number of rotatable bonds is 3. The molecule has 0 saturated carbocycles. The molecule has 0 bridgehead atoms. The van der Waals surface area contributed by atoms with Crippen molar-refractivity contribution in [3.05, 3.63) is 29.6 Å². The van der Waals surface area contributed by atoms with E-state index in [-0.39, 0.29) is 0 Å². The summed E-state index contributed by atoms with van der Waals surface area (Å²) in [5, 5.41) is 0. The lowest BCUT2D eigenvalue weighted by Gasteiger charge is -2.15. The maximum absolute atomic E-state index is 5.82. The van der Waals surface area contributed by atoms with E-state index in [1.165, 1.54) is 6.33 Å². The van der Waals surface area contributed by atoms with Crippen LogP contribution in [0.1, 0.15) is 11.1 Å². The molecule has 1 heterocycles. The summed E-state index contributed by atoms with van der Waals surface area (Å²) in [7, 11) is 3.18. The molecule has 2 rings (SSSR count). The highest BCUT2D eigenvalue weighted by Gasteiger charge is 2.18. The standard InChI is InChI=1S/C14H17N3O2/c1-8-5-9(2)11(10(6-8)18-3)12-13(19-4)14(15)17-7-16-12/h5-7H,1-4H3,(H2,15,16,17). The molecule has 0 saturated heterocycles. The molecule has 0 spiro atoms. The van der Waals surface area contributed by atoms with E-state index >= 15 is 0 Å². The van der Waals surface area contributed by atoms with Crippen LogP contribution >= 0.6 is 0 Å². The predicted molar refractivity (Wildman–Crippen MR) is 74.5 cm³/mol. The normalized spacial score (nSPS) is 10.3. The largest absolute Gasteiger partial charge is 0.496 e. The average Bonchev–Trinajstić information content (AvgIpc) is 2.37. The Balaban J connectivity index is 2.75. The van der Waals surface area contributed by atoms with E-state index in [0.29, 0.717) is 17.3 Å². The molecule has 100 valence electrons. The first kappa shape index (κ1) is 13.1. The number of hydrogen-bond acceptors (Lipinski definition) is 5. The number of aromatic nitrogens is 2. The second-order valence-electron chi connectivity index (χ2n) is 4.30. The van der Waals surface area contributed by atoms with Crippen LogP contribution in [0.4, 0.5) is 5.82 Å². The van der Waals surface area contributed by atoms with Crippen LogP contribution in [-0.2, 0) is 0 Å². The fourth-order valence-electron chi connectivity index (χ4n) is 2.16. The third-order valence-electron chi connectivity index (χ3n) is 2.94. The van der Waals surface area contributed by atoms with Crippen LogP contribution < -0.4 is 15.2 Å². The SMILES string of the molecule is COc1cc(C)cc(C)c1-c1ncnc(N)c1OC. The van der Waals surface area contributed by atoms with E-state index in [1.807, 2.05) is 19.9 Å². The zero-order chi connectivity index (χ0) is 14.0. The first-order valence-electron chi connectivity index (χ1n) is 5.88. The van der Waals surface area contributed by atoms with Crippen molar-refractivity contribution in [2.24, 2.45) is 0 Å². The minimum atomic E-state index is 0.314. The van der Waals surface area contributed by atoms with Crippen LogP contribution in [0.3, 0.4) is 0 Å². The van der Waals surface area contributed by atoms with Crippen LogP contribution in [0, 0.1) is 13.8 Å². The van der Waals surface area contributed by atoms with Gasteiger partial charge in [-0.3, -0.25) is 0 Å². The molecule has 0 amide bonds. The highest BCUT2D eigenvalue weighted by Crippen LogP contribution is 2.39. The summed E-state index contributed by atoms with van der Waals surface area (Å²) < 4.78 is 10.8. The molecular weight excluding hydrogens is 242 g/mol. The first-order chi connectivity index (χ1) is 9.08. The van der Waals surface area contributed by atoms with E-state index in [9.17, 15) is 0 Å². The molecule has 1 aromatic heterocycles. The van der Waals surface area contributed by atoms with Gasteiger partial charge >= 0.3 is 0 Å². The molecule has 2 N–H and O–H groups in total. The van der Waals surface area contributed by atoms with E-state index in [0.717, 1.165) is 22.4 Å². The Hall–Kier alpha value is -2.30. The predicted octanol–water partition coefficient (Wildman–Crippen LogP) is 2.36. The number of hydrogen-bond donors (Lipinski definition) is 1. The van der Waals surface area contributed by atoms with Gasteiger partial charge in [0.15, 0.2) is 11.6 Å². The Morgan fingerprint density at radius 2 is 1.79 bits per heavy atom. The van der Waals surface area contributed by atoms with Crippen LogP contribution in [0.5, 0.6) is 11.5 Å². The number of nitrogens with zero attached hydrogens (tertiary/aromatic N) is 2. The average molecular weight is 259 g/mol. The number of methoxy groups -OCH3 is 2. The Morgan fingerprint density at radius 3 is 2.42 bits per heavy atom. The quantitative estimate of drug-likeness (QED) is 0.916. The van der Waals surface area contributed by atoms with Gasteiger partial charge < -0.3 is 15.2 Å². The van der Waals surface area contributed by atoms with Gasteiger partial charge in [0.25, 0.3) is 0 Å². The van der Waals surface area contributed by atoms with Crippen LogP contribution in [-0.4, -0.2) is 24.2 Å². The Kier molecular flexibility index (Phi) is 3.55. The van der Waals surface area contributed by atoms with Gasteiger partial charge in [0.05, 0.1) is 14.2 Å². The fourth-order valence-corrected chi connectivity index (χ4v) is 2.16. The molecule has 0 atom stereocenters. The number of ether oxygens (including phenoxy) is 2. The van der Waals surface area contributed by atoms with E-state index < -0.39 is 0 Å². The smallest absolute Gasteiger partial charge is 0.187 e. The summed E-state index contributed by atoms with van der Waals surface area (Å²) in [5.74, 6) is 1.52. The van der Waals surface area contributed by atoms with E-state index in [2.05, 4.69) is 16.0 Å². The van der Waals surface area contributed by atoms with Gasteiger partial charge in [0.1, 0.15) is 17.8 Å². The highest BCUT2D eigenvalue weighted by atomic mass is 16.5. The monoisotopic (exact) mass is 259 g/mol. The van der Waals surface area contributed by atoms with Gasteiger partial charge in [-0.2, -0.15) is 0 Å². The van der Waals surface area contributed by atoms with Gasteiger partial charge in [-0.25, -0.2) is 9.97 Å². The minimum Gasteiger partial charge on any atom is -0.496 e. The second kappa shape index (κ2) is 5.14. The molecule has 19 heavy (non-hydrogen) atoms. The van der Waals surface area contributed by atoms with Crippen molar-refractivity contribution in [3.63, 3.8) is 0 Å². The zero-order valence-electron chi connectivity index (χ0n) is 11.5. The summed E-state index contributed by atoms with van der Waals surface area (Å²) in [4.78, 5) is 8.22. The summed E-state index contributed by atoms with van der Waals surface area (Å²) in [6.45, 7) is 4.02. The Morgan fingerprint density at radius 1 is 1.05 bits per heavy atom. The lowest BCUT2D eigenvalue weighted by atomic mass is 10.0. The third kappa shape index (κ3) is 2.31. The van der Waals surface area contributed by atoms with Crippen LogP contribution in [0.25, 0.3) is 11.3 Å². The third-order valence-corrected chi connectivity index (χ3v) is 2.94. The van der Waals surface area contributed by atoms with Gasteiger partial charge in [-0.1, -0.05) is 6.07 Å². The van der Waals surface area contributed by atoms with E-state index in [4.69, 9.17) is 15.2 Å². The number of benzene rings is 1. The molecule has 0 aliphatic rings. The maximum Gasteiger partial charge on any atom is 0.187 e. The van der Waals surface area contributed by atoms with Crippen molar-refractivity contribution in [2.45, 2.75) is 13.8 Å². The number of aryl methyl sites for hydroxylation is 2. The molecule has 0 unspecified atom stereocenters. The maximum atomic E-state index is 5.82. The van der Waals surface area contributed by atoms with Crippen molar-refractivity contribution in [3.8, 4) is 22.8 Å². The second-order valence-corrected chi connectivity index (χ2v) is 4.30. The highest BCUT2D eigenvalue weighted by molar-refractivity contribution is 5.79. The lowest BCUT2D eigenvalue weighted by Crippen LogP contribution is -2.02. The van der Waals surface area contributed by atoms with Crippen molar-refractivity contribution in [2.75, 3.05) is 20.0 Å². The topological polar surface area (TPSA) is 70.3 Å². The zero-order valence-corrected chi connectivity index (χ0v) is 11.5. The summed E-state index contributed by atoms with van der Waals surface area (Å²) >= 11 is 0. The summed E-state index contributed by atoms with van der Waals surface area (Å²) in [5.41, 5.74) is 9.51. The molecule has 0 radical (unpaired) electrons. The van der Waals surface area contributed by atoms with Crippen molar-refractivity contribution in [1.29, 1.82) is 0 Å². The fraction of sp³-hybridized carbons (Fsp3) is 0.286. The van der Waals surface area contributed by atoms with E-state index in [1.54, 1.807) is 14.2 Å². The van der Waals surface area contributed by atoms with Gasteiger partial charge in [-0.15, -0.1) is 0 Å². The molecule has 0 fully saturated rings. The number of anilines is 1. The van der Waals surface area contributed by atoms with Gasteiger partial charge in [0.2, 0.25) is 0 Å². The number of nitrogens with two attached hydrogens (primary N) is 1. The summed E-state index contributed by atoms with van der Waals surface area (Å²) in [6, 6.07) is 4.02. The first-order valence-corrected chi connectivity index (χ1v) is 5.88. The molecule has 0 aliphatic heterocycles. The summed E-state index contributed by atoms with van der Waals surface area (Å²) in [6.07, 6.45) is 1.42. The molecular formula is C14H17N3O2. The molecule has 5 nitrogen and oxygen atoms in total. The van der Waals surface area contributed by atoms with Crippen molar-refractivity contribution < 1.29 is 9.47 Å². The molecule has 5 heteroatoms. The molecule has 1 aromatic carbocycles.